The van der Waals surface area contributed by atoms with Crippen LogP contribution in [-0.4, -0.2) is 54.5 Å². The third-order valence-corrected chi connectivity index (χ3v) is 4.75. The van der Waals surface area contributed by atoms with E-state index in [1.807, 2.05) is 6.92 Å². The molecule has 2 aromatic heterocycles. The number of carboxylic acids is 1. The van der Waals surface area contributed by atoms with E-state index in [0.29, 0.717) is 30.9 Å². The first kappa shape index (κ1) is 17.8. The largest absolute Gasteiger partial charge is 0.481 e. The van der Waals surface area contributed by atoms with Gasteiger partial charge in [0.15, 0.2) is 0 Å². The number of likely N-dealkylation sites (tertiary alicyclic amines) is 1. The number of carbonyl (C=O) groups excluding carboxylic acids is 1. The number of rotatable bonds is 5. The molecule has 26 heavy (non-hydrogen) atoms. The number of amides is 1. The summed E-state index contributed by atoms with van der Waals surface area (Å²) >= 11 is 0. The molecule has 9 heteroatoms. The van der Waals surface area contributed by atoms with E-state index >= 15 is 0 Å². The van der Waals surface area contributed by atoms with Gasteiger partial charge in [0, 0.05) is 56.6 Å². The fraction of sp³-hybridized carbons (Fsp3) is 0.471. The third-order valence-electron chi connectivity index (χ3n) is 4.75. The number of aromatic nitrogens is 4. The first-order chi connectivity index (χ1) is 12.4. The summed E-state index contributed by atoms with van der Waals surface area (Å²) in [6, 6.07) is 2.95. The van der Waals surface area contributed by atoms with Gasteiger partial charge in [-0.2, -0.15) is 0 Å². The molecule has 0 aliphatic carbocycles. The minimum Gasteiger partial charge on any atom is -0.481 e. The molecule has 0 unspecified atom stereocenters. The molecule has 1 saturated heterocycles. The fourth-order valence-corrected chi connectivity index (χ4v) is 3.42. The standard InChI is InChI=1S/C17H21N5O4/c1-3-21-5-4-11(6-15(21)23)17(26)22-8-12(7-16(24)25)13(9-22)14-10-20(2)19-18-14/h4-6,10,12-13H,3,7-9H2,1-2H3,(H,24,25)/t12-,13+/m0/s1. The van der Waals surface area contributed by atoms with Crippen molar-refractivity contribution in [2.24, 2.45) is 13.0 Å². The van der Waals surface area contributed by atoms with E-state index in [1.54, 1.807) is 35.1 Å². The van der Waals surface area contributed by atoms with Gasteiger partial charge in [0.1, 0.15) is 0 Å². The predicted octanol–water partition coefficient (Wildman–Crippen LogP) is 0.327. The van der Waals surface area contributed by atoms with Crippen molar-refractivity contribution in [2.45, 2.75) is 25.8 Å². The molecule has 1 N–H and O–H groups in total. The maximum atomic E-state index is 12.8. The number of pyridine rings is 1. The van der Waals surface area contributed by atoms with Crippen LogP contribution in [0.25, 0.3) is 0 Å². The van der Waals surface area contributed by atoms with Gasteiger partial charge < -0.3 is 14.6 Å². The number of hydrogen-bond donors (Lipinski definition) is 1. The first-order valence-corrected chi connectivity index (χ1v) is 8.46. The van der Waals surface area contributed by atoms with Crippen molar-refractivity contribution in [3.63, 3.8) is 0 Å². The van der Waals surface area contributed by atoms with E-state index in [4.69, 9.17) is 0 Å². The molecule has 1 amide bonds. The lowest BCUT2D eigenvalue weighted by Gasteiger charge is -2.16. The SMILES string of the molecule is CCn1ccc(C(=O)N2C[C@H](CC(=O)O)[C@H](c3cn(C)nn3)C2)cc1=O. The van der Waals surface area contributed by atoms with Crippen molar-refractivity contribution >= 4 is 11.9 Å². The minimum absolute atomic E-state index is 0.0531. The summed E-state index contributed by atoms with van der Waals surface area (Å²) in [6.45, 7) is 3.05. The zero-order chi connectivity index (χ0) is 18.8. The topological polar surface area (TPSA) is 110 Å². The zero-order valence-electron chi connectivity index (χ0n) is 14.7. The predicted molar refractivity (Wildman–Crippen MR) is 91.8 cm³/mol. The second-order valence-electron chi connectivity index (χ2n) is 6.53. The van der Waals surface area contributed by atoms with Crippen LogP contribution in [0.5, 0.6) is 0 Å². The Hall–Kier alpha value is -2.97. The van der Waals surface area contributed by atoms with Crippen LogP contribution in [-0.2, 0) is 18.4 Å². The Balaban J connectivity index is 1.84. The van der Waals surface area contributed by atoms with E-state index < -0.39 is 5.97 Å². The van der Waals surface area contributed by atoms with E-state index in [9.17, 15) is 19.5 Å². The summed E-state index contributed by atoms with van der Waals surface area (Å²) in [5.74, 6) is -1.63. The lowest BCUT2D eigenvalue weighted by molar-refractivity contribution is -0.138. The van der Waals surface area contributed by atoms with E-state index in [-0.39, 0.29) is 29.7 Å². The van der Waals surface area contributed by atoms with Gasteiger partial charge in [-0.15, -0.1) is 5.10 Å². The summed E-state index contributed by atoms with van der Waals surface area (Å²) in [5.41, 5.74) is 0.758. The van der Waals surface area contributed by atoms with Crippen molar-refractivity contribution in [2.75, 3.05) is 13.1 Å². The van der Waals surface area contributed by atoms with Gasteiger partial charge in [0.05, 0.1) is 12.1 Å². The van der Waals surface area contributed by atoms with Crippen molar-refractivity contribution < 1.29 is 14.7 Å². The molecule has 0 spiro atoms. The monoisotopic (exact) mass is 359 g/mol. The van der Waals surface area contributed by atoms with Gasteiger partial charge in [0.2, 0.25) is 0 Å². The van der Waals surface area contributed by atoms with Crippen LogP contribution in [0.15, 0.2) is 29.3 Å². The molecule has 1 aliphatic rings. The highest BCUT2D eigenvalue weighted by molar-refractivity contribution is 5.94. The van der Waals surface area contributed by atoms with Crippen molar-refractivity contribution in [1.82, 2.24) is 24.5 Å². The molecule has 2 aromatic rings. The van der Waals surface area contributed by atoms with Crippen LogP contribution in [0.1, 0.15) is 35.3 Å². The molecule has 0 radical (unpaired) electrons. The summed E-state index contributed by atoms with van der Waals surface area (Å²) in [4.78, 5) is 37.6. The van der Waals surface area contributed by atoms with Gasteiger partial charge >= 0.3 is 5.97 Å². The molecule has 0 aromatic carbocycles. The number of aryl methyl sites for hydroxylation is 2. The van der Waals surface area contributed by atoms with Crippen LogP contribution in [0.2, 0.25) is 0 Å². The lowest BCUT2D eigenvalue weighted by atomic mass is 9.91. The second kappa shape index (κ2) is 7.11. The summed E-state index contributed by atoms with van der Waals surface area (Å²) in [6.07, 6.45) is 3.29. The quantitative estimate of drug-likeness (QED) is 0.824. The lowest BCUT2D eigenvalue weighted by Crippen LogP contribution is -2.31. The zero-order valence-corrected chi connectivity index (χ0v) is 14.7. The highest BCUT2D eigenvalue weighted by Gasteiger charge is 2.39. The Morgan fingerprint density at radius 1 is 1.35 bits per heavy atom. The second-order valence-corrected chi connectivity index (χ2v) is 6.53. The van der Waals surface area contributed by atoms with E-state index in [1.165, 1.54) is 10.6 Å². The molecular weight excluding hydrogens is 338 g/mol. The van der Waals surface area contributed by atoms with Crippen molar-refractivity contribution in [3.8, 4) is 0 Å². The Morgan fingerprint density at radius 3 is 2.69 bits per heavy atom. The average molecular weight is 359 g/mol. The van der Waals surface area contributed by atoms with Gasteiger partial charge in [-0.3, -0.25) is 19.1 Å². The summed E-state index contributed by atoms with van der Waals surface area (Å²) < 4.78 is 3.07. The number of carbonyl (C=O) groups is 2. The maximum absolute atomic E-state index is 12.8. The van der Waals surface area contributed by atoms with Crippen LogP contribution in [0.3, 0.4) is 0 Å². The Bertz CT molecular complexity index is 887. The third kappa shape index (κ3) is 3.51. The molecular formula is C17H21N5O4. The van der Waals surface area contributed by atoms with Gasteiger partial charge in [-0.25, -0.2) is 0 Å². The molecule has 138 valence electrons. The highest BCUT2D eigenvalue weighted by atomic mass is 16.4. The molecule has 0 saturated carbocycles. The van der Waals surface area contributed by atoms with Gasteiger partial charge in [0.25, 0.3) is 11.5 Å². The first-order valence-electron chi connectivity index (χ1n) is 8.46. The number of carboxylic acid groups (broad SMARTS) is 1. The highest BCUT2D eigenvalue weighted by Crippen LogP contribution is 2.34. The normalized spacial score (nSPS) is 19.7. The number of aliphatic carboxylic acids is 1. The van der Waals surface area contributed by atoms with Crippen LogP contribution >= 0.6 is 0 Å². The fourth-order valence-electron chi connectivity index (χ4n) is 3.42. The van der Waals surface area contributed by atoms with Crippen LogP contribution in [0.4, 0.5) is 0 Å². The van der Waals surface area contributed by atoms with E-state index in [0.717, 1.165) is 0 Å². The summed E-state index contributed by atoms with van der Waals surface area (Å²) in [7, 11) is 1.74. The van der Waals surface area contributed by atoms with Crippen LogP contribution < -0.4 is 5.56 Å². The minimum atomic E-state index is -0.913. The molecule has 2 atom stereocenters. The Labute approximate surface area is 149 Å². The molecule has 9 nitrogen and oxygen atoms in total. The number of hydrogen-bond acceptors (Lipinski definition) is 5. The molecule has 3 heterocycles. The summed E-state index contributed by atoms with van der Waals surface area (Å²) in [5, 5.41) is 17.2. The van der Waals surface area contributed by atoms with Gasteiger partial charge in [-0.1, -0.05) is 5.21 Å². The Morgan fingerprint density at radius 2 is 2.12 bits per heavy atom. The molecule has 1 fully saturated rings. The van der Waals surface area contributed by atoms with Crippen molar-refractivity contribution in [1.29, 1.82) is 0 Å². The molecule has 1 aliphatic heterocycles. The maximum Gasteiger partial charge on any atom is 0.303 e. The van der Waals surface area contributed by atoms with Crippen molar-refractivity contribution in [3.05, 3.63) is 46.1 Å². The Kier molecular flexibility index (Phi) is 4.88. The van der Waals surface area contributed by atoms with Crippen LogP contribution in [0, 0.1) is 5.92 Å². The smallest absolute Gasteiger partial charge is 0.303 e. The van der Waals surface area contributed by atoms with E-state index in [2.05, 4.69) is 10.3 Å². The van der Waals surface area contributed by atoms with Gasteiger partial charge in [-0.05, 0) is 18.9 Å². The average Bonchev–Trinajstić information content (AvgIpc) is 3.19. The molecule has 3 rings (SSSR count). The molecule has 0 bridgehead atoms. The number of nitrogens with zero attached hydrogens (tertiary/aromatic N) is 5.